The first-order valence-electron chi connectivity index (χ1n) is 8.69. The van der Waals surface area contributed by atoms with Crippen molar-refractivity contribution in [1.82, 2.24) is 4.90 Å². The fourth-order valence-electron chi connectivity index (χ4n) is 4.15. The van der Waals surface area contributed by atoms with E-state index in [1.807, 2.05) is 55.5 Å². The monoisotopic (exact) mass is 335 g/mol. The molecule has 1 spiro atoms. The van der Waals surface area contributed by atoms with E-state index in [1.165, 1.54) is 4.90 Å². The molecule has 2 atom stereocenters. The number of aliphatic hydroxyl groups excluding tert-OH is 1. The quantitative estimate of drug-likeness (QED) is 0.878. The molecule has 4 heteroatoms. The van der Waals surface area contributed by atoms with Crippen LogP contribution in [0.5, 0.6) is 0 Å². The van der Waals surface area contributed by atoms with Gasteiger partial charge in [-0.25, -0.2) is 0 Å². The molecule has 0 bridgehead atoms. The van der Waals surface area contributed by atoms with Crippen LogP contribution in [0.1, 0.15) is 41.2 Å². The molecule has 0 aromatic heterocycles. The number of carbonyl (C=O) groups is 2. The average molecular weight is 335 g/mol. The second-order valence-corrected chi connectivity index (χ2v) is 7.15. The Balaban J connectivity index is 1.59. The van der Waals surface area contributed by atoms with Crippen molar-refractivity contribution in [3.8, 4) is 0 Å². The highest BCUT2D eigenvalue weighted by Crippen LogP contribution is 2.47. The third-order valence-corrected chi connectivity index (χ3v) is 5.58. The number of likely N-dealkylation sites (tertiary alicyclic amines) is 1. The highest BCUT2D eigenvalue weighted by atomic mass is 16.3. The summed E-state index contributed by atoms with van der Waals surface area (Å²) in [6.45, 7) is 2.00. The Bertz CT molecular complexity index is 842. The van der Waals surface area contributed by atoms with Gasteiger partial charge in [-0.3, -0.25) is 14.5 Å². The van der Waals surface area contributed by atoms with E-state index in [9.17, 15) is 14.7 Å². The predicted molar refractivity (Wildman–Crippen MR) is 93.9 cm³/mol. The zero-order chi connectivity index (χ0) is 17.6. The summed E-state index contributed by atoms with van der Waals surface area (Å²) in [5, 5.41) is 10.5. The molecule has 1 heterocycles. The van der Waals surface area contributed by atoms with Crippen molar-refractivity contribution in [2.45, 2.75) is 37.7 Å². The molecule has 0 radical (unpaired) electrons. The van der Waals surface area contributed by atoms with Gasteiger partial charge < -0.3 is 5.11 Å². The summed E-state index contributed by atoms with van der Waals surface area (Å²) in [6, 6.07) is 15.4. The first-order valence-corrected chi connectivity index (χ1v) is 8.69. The van der Waals surface area contributed by atoms with Crippen molar-refractivity contribution >= 4 is 11.8 Å². The van der Waals surface area contributed by atoms with Crippen molar-refractivity contribution in [1.29, 1.82) is 0 Å². The van der Waals surface area contributed by atoms with Gasteiger partial charge in [-0.05, 0) is 36.5 Å². The van der Waals surface area contributed by atoms with Crippen molar-refractivity contribution in [3.05, 3.63) is 70.8 Å². The number of nitrogens with zero attached hydrogens (tertiary/aromatic N) is 1. The van der Waals surface area contributed by atoms with Crippen molar-refractivity contribution in [2.24, 2.45) is 0 Å². The average Bonchev–Trinajstić information content (AvgIpc) is 3.09. The number of fused-ring (bicyclic) bond motifs is 2. The number of aliphatic hydroxyl groups is 1. The largest absolute Gasteiger partial charge is 0.387 e. The summed E-state index contributed by atoms with van der Waals surface area (Å²) < 4.78 is 0. The van der Waals surface area contributed by atoms with Crippen LogP contribution in [0, 0.1) is 6.92 Å². The third-order valence-electron chi connectivity index (χ3n) is 5.58. The molecular formula is C21H21NO3. The predicted octanol–water partition coefficient (Wildman–Crippen LogP) is 2.67. The molecule has 1 saturated heterocycles. The van der Waals surface area contributed by atoms with E-state index in [2.05, 4.69) is 0 Å². The Morgan fingerprint density at radius 1 is 1.12 bits per heavy atom. The lowest BCUT2D eigenvalue weighted by molar-refractivity contribution is -0.141. The smallest absolute Gasteiger partial charge is 0.240 e. The van der Waals surface area contributed by atoms with Gasteiger partial charge in [0.25, 0.3) is 0 Å². The summed E-state index contributed by atoms with van der Waals surface area (Å²) in [7, 11) is 0. The van der Waals surface area contributed by atoms with Gasteiger partial charge in [-0.1, -0.05) is 54.1 Å². The summed E-state index contributed by atoms with van der Waals surface area (Å²) in [5.41, 5.74) is 3.25. The van der Waals surface area contributed by atoms with Gasteiger partial charge >= 0.3 is 0 Å². The molecular weight excluding hydrogens is 314 g/mol. The lowest BCUT2D eigenvalue weighted by Gasteiger charge is -2.24. The molecule has 1 fully saturated rings. The lowest BCUT2D eigenvalue weighted by Crippen LogP contribution is -2.39. The van der Waals surface area contributed by atoms with Crippen LogP contribution < -0.4 is 0 Å². The first-order chi connectivity index (χ1) is 12.0. The minimum atomic E-state index is -0.861. The first kappa shape index (κ1) is 16.0. The lowest BCUT2D eigenvalue weighted by atomic mass is 9.80. The molecule has 2 unspecified atom stereocenters. The van der Waals surface area contributed by atoms with Gasteiger partial charge in [0, 0.05) is 6.42 Å². The van der Waals surface area contributed by atoms with Crippen molar-refractivity contribution in [2.75, 3.05) is 6.54 Å². The van der Waals surface area contributed by atoms with Gasteiger partial charge in [-0.15, -0.1) is 0 Å². The number of aryl methyl sites for hydroxylation is 2. The summed E-state index contributed by atoms with van der Waals surface area (Å²) >= 11 is 0. The topological polar surface area (TPSA) is 57.6 Å². The summed E-state index contributed by atoms with van der Waals surface area (Å²) in [4.78, 5) is 26.9. The van der Waals surface area contributed by atoms with Crippen LogP contribution in [0.15, 0.2) is 48.5 Å². The van der Waals surface area contributed by atoms with Crippen molar-refractivity contribution in [3.63, 3.8) is 0 Å². The number of rotatable bonds is 3. The number of amides is 2. The molecule has 1 aliphatic heterocycles. The highest BCUT2D eigenvalue weighted by molar-refractivity contribution is 6.09. The Morgan fingerprint density at radius 2 is 1.84 bits per heavy atom. The third kappa shape index (κ3) is 2.48. The molecule has 2 aromatic carbocycles. The minimum absolute atomic E-state index is 0.0185. The Labute approximate surface area is 147 Å². The molecule has 1 aliphatic carbocycles. The SMILES string of the molecule is Cc1ccc(C(O)CN2C(=O)CC3(CCc4ccccc43)C2=O)cc1. The number of hydrogen-bond acceptors (Lipinski definition) is 3. The van der Waals surface area contributed by atoms with E-state index in [4.69, 9.17) is 0 Å². The van der Waals surface area contributed by atoms with Gasteiger partial charge in [0.2, 0.25) is 11.8 Å². The number of β-amino-alcohol motifs (C(OH)–C–C–N with tert-alkyl or cyclic N) is 1. The van der Waals surface area contributed by atoms with Crippen LogP contribution >= 0.6 is 0 Å². The maximum absolute atomic E-state index is 13.1. The molecule has 2 aromatic rings. The Kier molecular flexibility index (Phi) is 3.73. The Hall–Kier alpha value is -2.46. The van der Waals surface area contributed by atoms with Gasteiger partial charge in [0.15, 0.2) is 0 Å². The van der Waals surface area contributed by atoms with E-state index in [-0.39, 0.29) is 24.8 Å². The van der Waals surface area contributed by atoms with Crippen LogP contribution in [-0.2, 0) is 21.4 Å². The zero-order valence-corrected chi connectivity index (χ0v) is 14.2. The fourth-order valence-corrected chi connectivity index (χ4v) is 4.15. The number of carbonyl (C=O) groups excluding carboxylic acids is 2. The van der Waals surface area contributed by atoms with Gasteiger partial charge in [-0.2, -0.15) is 0 Å². The summed E-state index contributed by atoms with van der Waals surface area (Å²) in [5.74, 6) is -0.346. The normalized spacial score (nSPS) is 23.4. The van der Waals surface area contributed by atoms with E-state index in [0.29, 0.717) is 6.42 Å². The molecule has 128 valence electrons. The van der Waals surface area contributed by atoms with Crippen LogP contribution in [-0.4, -0.2) is 28.4 Å². The van der Waals surface area contributed by atoms with Crippen LogP contribution in [0.25, 0.3) is 0 Å². The van der Waals surface area contributed by atoms with Gasteiger partial charge in [0.1, 0.15) is 0 Å². The molecule has 0 saturated carbocycles. The molecule has 1 N–H and O–H groups in total. The van der Waals surface area contributed by atoms with Gasteiger partial charge in [0.05, 0.1) is 18.1 Å². The number of hydrogen-bond donors (Lipinski definition) is 1. The molecule has 25 heavy (non-hydrogen) atoms. The fraction of sp³-hybridized carbons (Fsp3) is 0.333. The highest BCUT2D eigenvalue weighted by Gasteiger charge is 2.55. The Morgan fingerprint density at radius 3 is 2.60 bits per heavy atom. The molecule has 2 amide bonds. The van der Waals surface area contributed by atoms with E-state index < -0.39 is 11.5 Å². The number of benzene rings is 2. The zero-order valence-electron chi connectivity index (χ0n) is 14.2. The van der Waals surface area contributed by atoms with E-state index >= 15 is 0 Å². The second-order valence-electron chi connectivity index (χ2n) is 7.15. The van der Waals surface area contributed by atoms with E-state index in [0.717, 1.165) is 28.7 Å². The number of imide groups is 1. The molecule has 4 nitrogen and oxygen atoms in total. The van der Waals surface area contributed by atoms with Crippen LogP contribution in [0.2, 0.25) is 0 Å². The van der Waals surface area contributed by atoms with E-state index in [1.54, 1.807) is 0 Å². The maximum atomic E-state index is 13.1. The molecule has 4 rings (SSSR count). The minimum Gasteiger partial charge on any atom is -0.387 e. The summed E-state index contributed by atoms with van der Waals surface area (Å²) in [6.07, 6.45) is 0.849. The second kappa shape index (κ2) is 5.81. The van der Waals surface area contributed by atoms with Crippen molar-refractivity contribution < 1.29 is 14.7 Å². The van der Waals surface area contributed by atoms with Crippen LogP contribution in [0.4, 0.5) is 0 Å². The van der Waals surface area contributed by atoms with Crippen LogP contribution in [0.3, 0.4) is 0 Å². The molecule has 2 aliphatic rings. The maximum Gasteiger partial charge on any atom is 0.240 e. The standard InChI is InChI=1S/C21H21NO3/c1-14-6-8-16(9-7-14)18(23)13-22-19(24)12-21(20(22)25)11-10-15-4-2-3-5-17(15)21/h2-9,18,23H,10-13H2,1H3.